The summed E-state index contributed by atoms with van der Waals surface area (Å²) in [4.78, 5) is 26.9. The van der Waals surface area contributed by atoms with Gasteiger partial charge in [0.05, 0.1) is 17.8 Å². The number of furan rings is 1. The highest BCUT2D eigenvalue weighted by Gasteiger charge is 2.25. The highest BCUT2D eigenvalue weighted by Crippen LogP contribution is 2.24. The normalized spacial score (nSPS) is 16.4. The molecule has 0 saturated carbocycles. The van der Waals surface area contributed by atoms with Crippen LogP contribution >= 0.6 is 11.8 Å². The Morgan fingerprint density at radius 2 is 2.00 bits per heavy atom. The van der Waals surface area contributed by atoms with Crippen LogP contribution in [-0.4, -0.2) is 46.5 Å². The van der Waals surface area contributed by atoms with Crippen molar-refractivity contribution in [3.8, 4) is 0 Å². The lowest BCUT2D eigenvalue weighted by molar-refractivity contribution is -0.122. The molecule has 1 aliphatic rings. The number of para-hydroxylation sites is 2. The van der Waals surface area contributed by atoms with Gasteiger partial charge in [0.15, 0.2) is 5.58 Å². The lowest BCUT2D eigenvalue weighted by Gasteiger charge is -2.33. The van der Waals surface area contributed by atoms with Crippen LogP contribution in [0.3, 0.4) is 0 Å². The smallest absolute Gasteiger partial charge is 0.420 e. The van der Waals surface area contributed by atoms with Crippen LogP contribution in [0.25, 0.3) is 11.1 Å². The Balaban J connectivity index is 1.45. The topological polar surface area (TPSA) is 80.6 Å². The predicted molar refractivity (Wildman–Crippen MR) is 104 cm³/mol. The number of carbonyl (C=O) groups is 1. The maximum atomic E-state index is 12.5. The first-order valence-electron chi connectivity index (χ1n) is 8.92. The SMILES string of the molecule is O=C(Cn1c(=O)oc2ccccc21)NC[C@@H](c1ccco1)N1CCSCC1. The highest BCUT2D eigenvalue weighted by molar-refractivity contribution is 7.99. The minimum atomic E-state index is -0.526. The highest BCUT2D eigenvalue weighted by atomic mass is 32.2. The molecule has 7 nitrogen and oxygen atoms in total. The Bertz CT molecular complexity index is 957. The number of benzene rings is 1. The lowest BCUT2D eigenvalue weighted by Crippen LogP contribution is -2.42. The molecule has 8 heteroatoms. The van der Waals surface area contributed by atoms with E-state index in [1.165, 1.54) is 4.57 Å². The zero-order valence-electron chi connectivity index (χ0n) is 14.8. The van der Waals surface area contributed by atoms with E-state index in [0.717, 1.165) is 30.4 Å². The van der Waals surface area contributed by atoms with E-state index in [1.54, 1.807) is 24.5 Å². The van der Waals surface area contributed by atoms with Gasteiger partial charge in [0.25, 0.3) is 0 Å². The summed E-state index contributed by atoms with van der Waals surface area (Å²) in [5.74, 6) is 2.23. The van der Waals surface area contributed by atoms with Crippen molar-refractivity contribution in [1.82, 2.24) is 14.8 Å². The second-order valence-electron chi connectivity index (χ2n) is 6.41. The van der Waals surface area contributed by atoms with Crippen molar-refractivity contribution >= 4 is 28.8 Å². The minimum Gasteiger partial charge on any atom is -0.468 e. The van der Waals surface area contributed by atoms with Crippen LogP contribution in [0.1, 0.15) is 11.8 Å². The van der Waals surface area contributed by atoms with E-state index >= 15 is 0 Å². The van der Waals surface area contributed by atoms with Crippen LogP contribution in [0, 0.1) is 0 Å². The molecule has 0 aliphatic carbocycles. The number of amides is 1. The zero-order valence-corrected chi connectivity index (χ0v) is 15.6. The molecule has 1 atom stereocenters. The molecule has 1 N–H and O–H groups in total. The van der Waals surface area contributed by atoms with Crippen molar-refractivity contribution in [1.29, 1.82) is 0 Å². The molecule has 0 spiro atoms. The van der Waals surface area contributed by atoms with Crippen molar-refractivity contribution in [3.63, 3.8) is 0 Å². The number of hydrogen-bond donors (Lipinski definition) is 1. The van der Waals surface area contributed by atoms with Gasteiger partial charge < -0.3 is 14.2 Å². The van der Waals surface area contributed by atoms with Gasteiger partial charge in [-0.25, -0.2) is 4.79 Å². The Morgan fingerprint density at radius 1 is 1.19 bits per heavy atom. The molecule has 1 amide bonds. The molecule has 1 saturated heterocycles. The Labute approximate surface area is 160 Å². The largest absolute Gasteiger partial charge is 0.468 e. The first-order valence-corrected chi connectivity index (χ1v) is 10.1. The maximum absolute atomic E-state index is 12.5. The van der Waals surface area contributed by atoms with Gasteiger partial charge in [-0.2, -0.15) is 11.8 Å². The van der Waals surface area contributed by atoms with Gasteiger partial charge in [0.1, 0.15) is 12.3 Å². The van der Waals surface area contributed by atoms with Crippen LogP contribution in [-0.2, 0) is 11.3 Å². The van der Waals surface area contributed by atoms with Crippen molar-refractivity contribution in [2.45, 2.75) is 12.6 Å². The van der Waals surface area contributed by atoms with Gasteiger partial charge in [-0.05, 0) is 24.3 Å². The van der Waals surface area contributed by atoms with Crippen LogP contribution in [0.5, 0.6) is 0 Å². The molecule has 4 rings (SSSR count). The monoisotopic (exact) mass is 387 g/mol. The van der Waals surface area contributed by atoms with Crippen LogP contribution in [0.2, 0.25) is 0 Å². The summed E-state index contributed by atoms with van der Waals surface area (Å²) in [5, 5.41) is 2.95. The van der Waals surface area contributed by atoms with Gasteiger partial charge in [-0.1, -0.05) is 12.1 Å². The van der Waals surface area contributed by atoms with Crippen molar-refractivity contribution in [2.24, 2.45) is 0 Å². The quantitative estimate of drug-likeness (QED) is 0.698. The summed E-state index contributed by atoms with van der Waals surface area (Å²) < 4.78 is 12.1. The zero-order chi connectivity index (χ0) is 18.6. The van der Waals surface area contributed by atoms with Gasteiger partial charge >= 0.3 is 5.76 Å². The number of carbonyl (C=O) groups excluding carboxylic acids is 1. The fraction of sp³-hybridized carbons (Fsp3) is 0.368. The molecular weight excluding hydrogens is 366 g/mol. The Morgan fingerprint density at radius 3 is 2.78 bits per heavy atom. The van der Waals surface area contributed by atoms with E-state index in [1.807, 2.05) is 30.0 Å². The van der Waals surface area contributed by atoms with E-state index in [4.69, 9.17) is 8.83 Å². The first-order chi connectivity index (χ1) is 13.2. The molecule has 0 radical (unpaired) electrons. The summed E-state index contributed by atoms with van der Waals surface area (Å²) in [7, 11) is 0. The molecule has 142 valence electrons. The summed E-state index contributed by atoms with van der Waals surface area (Å²) in [6.45, 7) is 2.27. The standard InChI is InChI=1S/C19H21N3O4S/c23-18(13-22-14-4-1-2-5-17(14)26-19(22)24)20-12-15(16-6-3-9-25-16)21-7-10-27-11-8-21/h1-6,9,15H,7-8,10-13H2,(H,20,23)/t15-/m0/s1. The molecule has 1 aromatic carbocycles. The molecule has 3 heterocycles. The van der Waals surface area contributed by atoms with E-state index in [-0.39, 0.29) is 18.5 Å². The first kappa shape index (κ1) is 17.9. The number of fused-ring (bicyclic) bond motifs is 1. The number of nitrogens with one attached hydrogen (secondary N) is 1. The van der Waals surface area contributed by atoms with E-state index in [0.29, 0.717) is 17.6 Å². The lowest BCUT2D eigenvalue weighted by atomic mass is 10.2. The molecule has 0 unspecified atom stereocenters. The number of oxazole rings is 1. The molecule has 2 aromatic heterocycles. The van der Waals surface area contributed by atoms with Crippen LogP contribution in [0.15, 0.2) is 56.3 Å². The summed E-state index contributed by atoms with van der Waals surface area (Å²) >= 11 is 1.94. The summed E-state index contributed by atoms with van der Waals surface area (Å²) in [5.41, 5.74) is 1.10. The average molecular weight is 387 g/mol. The Hall–Kier alpha value is -2.45. The van der Waals surface area contributed by atoms with Gasteiger partial charge in [0.2, 0.25) is 5.91 Å². The van der Waals surface area contributed by atoms with Crippen LogP contribution in [0.4, 0.5) is 0 Å². The number of aromatic nitrogens is 1. The number of nitrogens with zero attached hydrogens (tertiary/aromatic N) is 2. The van der Waals surface area contributed by atoms with Gasteiger partial charge in [-0.15, -0.1) is 0 Å². The molecule has 1 aliphatic heterocycles. The fourth-order valence-corrected chi connectivity index (χ4v) is 4.28. The van der Waals surface area contributed by atoms with E-state index in [2.05, 4.69) is 10.2 Å². The third-order valence-electron chi connectivity index (χ3n) is 4.73. The second kappa shape index (κ2) is 8.06. The number of rotatable bonds is 6. The van der Waals surface area contributed by atoms with Gasteiger partial charge in [0, 0.05) is 31.1 Å². The van der Waals surface area contributed by atoms with E-state index in [9.17, 15) is 9.59 Å². The number of hydrogen-bond acceptors (Lipinski definition) is 6. The van der Waals surface area contributed by atoms with Crippen LogP contribution < -0.4 is 11.1 Å². The summed E-state index contributed by atoms with van der Waals surface area (Å²) in [6.07, 6.45) is 1.65. The molecule has 0 bridgehead atoms. The minimum absolute atomic E-state index is 0.0114. The fourth-order valence-electron chi connectivity index (χ4n) is 3.35. The van der Waals surface area contributed by atoms with E-state index < -0.39 is 5.76 Å². The summed E-state index contributed by atoms with van der Waals surface area (Å²) in [6, 6.07) is 10.9. The molecular formula is C19H21N3O4S. The third kappa shape index (κ3) is 3.96. The van der Waals surface area contributed by atoms with Gasteiger partial charge in [-0.3, -0.25) is 14.3 Å². The molecule has 27 heavy (non-hydrogen) atoms. The predicted octanol–water partition coefficient (Wildman–Crippen LogP) is 2.09. The number of thioether (sulfide) groups is 1. The second-order valence-corrected chi connectivity index (χ2v) is 7.63. The molecule has 3 aromatic rings. The average Bonchev–Trinajstić information content (AvgIpc) is 3.32. The maximum Gasteiger partial charge on any atom is 0.420 e. The Kier molecular flexibility index (Phi) is 5.35. The van der Waals surface area contributed by atoms with Crippen molar-refractivity contribution in [3.05, 3.63) is 59.0 Å². The van der Waals surface area contributed by atoms with Crippen molar-refractivity contribution in [2.75, 3.05) is 31.1 Å². The molecule has 1 fully saturated rings. The van der Waals surface area contributed by atoms with Crippen molar-refractivity contribution < 1.29 is 13.6 Å². The third-order valence-corrected chi connectivity index (χ3v) is 5.67.